The number of nitriles is 1. The number of nitrogens with zero attached hydrogens (tertiary/aromatic N) is 2. The zero-order valence-corrected chi connectivity index (χ0v) is 9.29. The molecule has 0 saturated carbocycles. The Kier molecular flexibility index (Phi) is 4.92. The summed E-state index contributed by atoms with van der Waals surface area (Å²) in [5.74, 6) is 0. The van der Waals surface area contributed by atoms with Gasteiger partial charge < -0.3 is 5.32 Å². The molecule has 0 aromatic rings. The molecule has 0 radical (unpaired) electrons. The normalized spacial score (nSPS) is 26.5. The SMILES string of the molecule is CCC(C)N1CCCNCC1CC#N. The molecule has 1 aliphatic heterocycles. The molecule has 0 bridgehead atoms. The Balaban J connectivity index is 2.59. The highest BCUT2D eigenvalue weighted by molar-refractivity contribution is 4.88. The predicted molar refractivity (Wildman–Crippen MR) is 58.0 cm³/mol. The van der Waals surface area contributed by atoms with Gasteiger partial charge in [-0.15, -0.1) is 0 Å². The van der Waals surface area contributed by atoms with E-state index in [0.717, 1.165) is 19.6 Å². The van der Waals surface area contributed by atoms with E-state index >= 15 is 0 Å². The maximum Gasteiger partial charge on any atom is 0.0638 e. The summed E-state index contributed by atoms with van der Waals surface area (Å²) in [6.07, 6.45) is 3.02. The number of nitrogens with one attached hydrogen (secondary N) is 1. The lowest BCUT2D eigenvalue weighted by Gasteiger charge is -2.33. The Bertz CT molecular complexity index is 197. The van der Waals surface area contributed by atoms with Crippen molar-refractivity contribution in [2.24, 2.45) is 0 Å². The van der Waals surface area contributed by atoms with Crippen LogP contribution < -0.4 is 5.32 Å². The molecule has 1 heterocycles. The molecule has 0 amide bonds. The quantitative estimate of drug-likeness (QED) is 0.739. The molecule has 0 aromatic heterocycles. The molecular formula is C11H21N3. The van der Waals surface area contributed by atoms with Crippen LogP contribution in [0, 0.1) is 11.3 Å². The molecule has 1 rings (SSSR count). The molecule has 1 N–H and O–H groups in total. The van der Waals surface area contributed by atoms with Crippen LogP contribution in [0.25, 0.3) is 0 Å². The second-order valence-electron chi connectivity index (χ2n) is 4.07. The van der Waals surface area contributed by atoms with Gasteiger partial charge in [-0.1, -0.05) is 6.92 Å². The molecule has 2 unspecified atom stereocenters. The van der Waals surface area contributed by atoms with Crippen molar-refractivity contribution in [3.05, 3.63) is 0 Å². The largest absolute Gasteiger partial charge is 0.315 e. The molecule has 0 aliphatic carbocycles. The van der Waals surface area contributed by atoms with Crippen LogP contribution in [0.1, 0.15) is 33.1 Å². The third kappa shape index (κ3) is 2.97. The summed E-state index contributed by atoms with van der Waals surface area (Å²) in [7, 11) is 0. The van der Waals surface area contributed by atoms with Crippen molar-refractivity contribution < 1.29 is 0 Å². The van der Waals surface area contributed by atoms with Gasteiger partial charge in [0.05, 0.1) is 12.5 Å². The van der Waals surface area contributed by atoms with Gasteiger partial charge in [0.15, 0.2) is 0 Å². The van der Waals surface area contributed by atoms with Crippen molar-refractivity contribution in [2.75, 3.05) is 19.6 Å². The predicted octanol–water partition coefficient (Wildman–Crippen LogP) is 1.36. The molecule has 0 spiro atoms. The standard InChI is InChI=1S/C11H21N3/c1-3-10(2)14-8-4-7-13-9-11(14)5-6-12/h10-11,13H,3-5,7-9H2,1-2H3. The fraction of sp³-hybridized carbons (Fsp3) is 0.909. The van der Waals surface area contributed by atoms with Crippen molar-refractivity contribution in [3.8, 4) is 6.07 Å². The molecule has 3 heteroatoms. The summed E-state index contributed by atoms with van der Waals surface area (Å²) in [5.41, 5.74) is 0. The summed E-state index contributed by atoms with van der Waals surface area (Å²) < 4.78 is 0. The Morgan fingerprint density at radius 3 is 3.07 bits per heavy atom. The van der Waals surface area contributed by atoms with Gasteiger partial charge in [0, 0.05) is 25.2 Å². The highest BCUT2D eigenvalue weighted by Crippen LogP contribution is 2.13. The van der Waals surface area contributed by atoms with Crippen LogP contribution in [0.5, 0.6) is 0 Å². The van der Waals surface area contributed by atoms with Gasteiger partial charge in [-0.05, 0) is 26.3 Å². The van der Waals surface area contributed by atoms with Gasteiger partial charge in [0.1, 0.15) is 0 Å². The first kappa shape index (κ1) is 11.5. The highest BCUT2D eigenvalue weighted by Gasteiger charge is 2.23. The number of hydrogen-bond acceptors (Lipinski definition) is 3. The first-order chi connectivity index (χ1) is 6.79. The van der Waals surface area contributed by atoms with E-state index in [2.05, 4.69) is 30.1 Å². The van der Waals surface area contributed by atoms with E-state index in [4.69, 9.17) is 5.26 Å². The van der Waals surface area contributed by atoms with Crippen molar-refractivity contribution in [3.63, 3.8) is 0 Å². The molecular weight excluding hydrogens is 174 g/mol. The first-order valence-electron chi connectivity index (χ1n) is 5.63. The summed E-state index contributed by atoms with van der Waals surface area (Å²) in [4.78, 5) is 2.49. The summed E-state index contributed by atoms with van der Waals surface area (Å²) in [6.45, 7) is 7.67. The van der Waals surface area contributed by atoms with E-state index in [1.807, 2.05) is 0 Å². The number of hydrogen-bond donors (Lipinski definition) is 1. The molecule has 2 atom stereocenters. The molecule has 3 nitrogen and oxygen atoms in total. The van der Waals surface area contributed by atoms with Gasteiger partial charge in [-0.25, -0.2) is 0 Å². The van der Waals surface area contributed by atoms with Crippen molar-refractivity contribution in [1.82, 2.24) is 10.2 Å². The maximum absolute atomic E-state index is 8.78. The highest BCUT2D eigenvalue weighted by atomic mass is 15.2. The van der Waals surface area contributed by atoms with Crippen LogP contribution in [0.15, 0.2) is 0 Å². The third-order valence-electron chi connectivity index (χ3n) is 3.10. The second-order valence-corrected chi connectivity index (χ2v) is 4.07. The van der Waals surface area contributed by atoms with Crippen LogP contribution in [-0.4, -0.2) is 36.6 Å². The molecule has 1 fully saturated rings. The lowest BCUT2D eigenvalue weighted by molar-refractivity contribution is 0.152. The average molecular weight is 195 g/mol. The van der Waals surface area contributed by atoms with Crippen LogP contribution in [-0.2, 0) is 0 Å². The molecule has 1 saturated heterocycles. The second kappa shape index (κ2) is 6.00. The van der Waals surface area contributed by atoms with E-state index in [1.54, 1.807) is 0 Å². The van der Waals surface area contributed by atoms with E-state index in [9.17, 15) is 0 Å². The minimum Gasteiger partial charge on any atom is -0.315 e. The van der Waals surface area contributed by atoms with Crippen molar-refractivity contribution >= 4 is 0 Å². The molecule has 1 aliphatic rings. The van der Waals surface area contributed by atoms with E-state index in [0.29, 0.717) is 18.5 Å². The topological polar surface area (TPSA) is 39.1 Å². The molecule has 80 valence electrons. The van der Waals surface area contributed by atoms with Crippen molar-refractivity contribution in [1.29, 1.82) is 5.26 Å². The summed E-state index contributed by atoms with van der Waals surface area (Å²) >= 11 is 0. The summed E-state index contributed by atoms with van der Waals surface area (Å²) in [5, 5.41) is 12.2. The lowest BCUT2D eigenvalue weighted by atomic mass is 10.1. The van der Waals surface area contributed by atoms with E-state index in [-0.39, 0.29) is 0 Å². The zero-order valence-electron chi connectivity index (χ0n) is 9.29. The third-order valence-corrected chi connectivity index (χ3v) is 3.10. The molecule has 14 heavy (non-hydrogen) atoms. The van der Waals surface area contributed by atoms with E-state index < -0.39 is 0 Å². The Labute approximate surface area is 87.1 Å². The minimum absolute atomic E-state index is 0.414. The first-order valence-corrected chi connectivity index (χ1v) is 5.63. The fourth-order valence-electron chi connectivity index (χ4n) is 2.06. The Morgan fingerprint density at radius 2 is 2.43 bits per heavy atom. The van der Waals surface area contributed by atoms with Gasteiger partial charge in [0.25, 0.3) is 0 Å². The lowest BCUT2D eigenvalue weighted by Crippen LogP contribution is -2.44. The van der Waals surface area contributed by atoms with Gasteiger partial charge >= 0.3 is 0 Å². The van der Waals surface area contributed by atoms with Crippen LogP contribution in [0.4, 0.5) is 0 Å². The smallest absolute Gasteiger partial charge is 0.0638 e. The van der Waals surface area contributed by atoms with Gasteiger partial charge in [-0.3, -0.25) is 4.90 Å². The van der Waals surface area contributed by atoms with Gasteiger partial charge in [0.2, 0.25) is 0 Å². The fourth-order valence-corrected chi connectivity index (χ4v) is 2.06. The van der Waals surface area contributed by atoms with Crippen molar-refractivity contribution in [2.45, 2.75) is 45.2 Å². The van der Waals surface area contributed by atoms with Gasteiger partial charge in [-0.2, -0.15) is 5.26 Å². The Morgan fingerprint density at radius 1 is 1.64 bits per heavy atom. The van der Waals surface area contributed by atoms with Crippen LogP contribution >= 0.6 is 0 Å². The maximum atomic E-state index is 8.78. The Hall–Kier alpha value is -0.590. The summed E-state index contributed by atoms with van der Waals surface area (Å²) in [6, 6.07) is 3.31. The minimum atomic E-state index is 0.414. The zero-order chi connectivity index (χ0) is 10.4. The van der Waals surface area contributed by atoms with E-state index in [1.165, 1.54) is 12.8 Å². The van der Waals surface area contributed by atoms with Crippen LogP contribution in [0.3, 0.4) is 0 Å². The monoisotopic (exact) mass is 195 g/mol. The average Bonchev–Trinajstić information content (AvgIpc) is 2.43. The van der Waals surface area contributed by atoms with Crippen LogP contribution in [0.2, 0.25) is 0 Å². The molecule has 0 aromatic carbocycles. The number of rotatable bonds is 3.